The smallest absolute Gasteiger partial charge is 0.227 e. The van der Waals surface area contributed by atoms with E-state index in [1.807, 2.05) is 7.05 Å². The Morgan fingerprint density at radius 1 is 1.59 bits per heavy atom. The van der Waals surface area contributed by atoms with E-state index in [2.05, 4.69) is 4.98 Å². The molecule has 0 amide bonds. The van der Waals surface area contributed by atoms with Gasteiger partial charge in [0.15, 0.2) is 0 Å². The van der Waals surface area contributed by atoms with Crippen LogP contribution in [0.1, 0.15) is 11.6 Å². The van der Waals surface area contributed by atoms with Crippen molar-refractivity contribution in [1.82, 2.24) is 9.55 Å². The third-order valence-electron chi connectivity index (χ3n) is 2.29. The van der Waals surface area contributed by atoms with Crippen LogP contribution in [0.15, 0.2) is 33.9 Å². The van der Waals surface area contributed by atoms with Crippen LogP contribution in [0.3, 0.4) is 0 Å². The predicted molar refractivity (Wildman–Crippen MR) is 58.4 cm³/mol. The van der Waals surface area contributed by atoms with Gasteiger partial charge < -0.3 is 18.8 Å². The minimum Gasteiger partial charge on any atom is -0.479 e. The first-order valence-corrected chi connectivity index (χ1v) is 5.02. The van der Waals surface area contributed by atoms with Crippen molar-refractivity contribution in [2.75, 3.05) is 0 Å². The Morgan fingerprint density at radius 2 is 2.41 bits per heavy atom. The van der Waals surface area contributed by atoms with Crippen LogP contribution >= 0.6 is 0 Å². The first kappa shape index (κ1) is 11.4. The van der Waals surface area contributed by atoms with Crippen LogP contribution in [0.2, 0.25) is 0 Å². The van der Waals surface area contributed by atoms with Gasteiger partial charge in [-0.2, -0.15) is 0 Å². The van der Waals surface area contributed by atoms with Gasteiger partial charge in [0, 0.05) is 25.5 Å². The highest BCUT2D eigenvalue weighted by Crippen LogP contribution is 2.08. The number of rotatable bonds is 4. The summed E-state index contributed by atoms with van der Waals surface area (Å²) in [5.41, 5.74) is -0.325. The van der Waals surface area contributed by atoms with Crippen molar-refractivity contribution in [3.8, 4) is 5.75 Å². The zero-order valence-electron chi connectivity index (χ0n) is 9.29. The molecule has 0 aliphatic rings. The standard InChI is InChI=1S/C11H12N2O4/c1-13-3-2-12-11(13)7-17-10-6-16-8(5-14)4-9(10)15/h2-4,6,14H,5,7H2,1H3. The van der Waals surface area contributed by atoms with E-state index < -0.39 is 0 Å². The lowest BCUT2D eigenvalue weighted by Gasteiger charge is -2.05. The van der Waals surface area contributed by atoms with Crippen molar-refractivity contribution in [3.05, 3.63) is 46.5 Å². The van der Waals surface area contributed by atoms with E-state index in [-0.39, 0.29) is 30.2 Å². The molecule has 0 aliphatic carbocycles. The van der Waals surface area contributed by atoms with Crippen LogP contribution < -0.4 is 10.2 Å². The fourth-order valence-corrected chi connectivity index (χ4v) is 1.30. The molecule has 90 valence electrons. The monoisotopic (exact) mass is 236 g/mol. The molecule has 2 rings (SSSR count). The maximum absolute atomic E-state index is 11.5. The van der Waals surface area contributed by atoms with Crippen molar-refractivity contribution in [1.29, 1.82) is 0 Å². The number of aryl methyl sites for hydroxylation is 1. The predicted octanol–water partition coefficient (Wildman–Crippen LogP) is 0.445. The first-order valence-electron chi connectivity index (χ1n) is 5.02. The maximum Gasteiger partial charge on any atom is 0.227 e. The summed E-state index contributed by atoms with van der Waals surface area (Å²) in [7, 11) is 1.84. The number of ether oxygens (including phenoxy) is 1. The molecule has 6 heteroatoms. The van der Waals surface area contributed by atoms with Gasteiger partial charge >= 0.3 is 0 Å². The Balaban J connectivity index is 2.10. The minimum absolute atomic E-state index is 0.102. The van der Waals surface area contributed by atoms with Gasteiger partial charge in [0.2, 0.25) is 11.2 Å². The van der Waals surface area contributed by atoms with E-state index in [1.165, 1.54) is 12.3 Å². The quantitative estimate of drug-likeness (QED) is 0.833. The highest BCUT2D eigenvalue weighted by atomic mass is 16.5. The number of nitrogens with zero attached hydrogens (tertiary/aromatic N) is 2. The highest BCUT2D eigenvalue weighted by Gasteiger charge is 2.06. The average Bonchev–Trinajstić information content (AvgIpc) is 2.73. The summed E-state index contributed by atoms with van der Waals surface area (Å²) < 4.78 is 12.1. The summed E-state index contributed by atoms with van der Waals surface area (Å²) in [6.07, 6.45) is 4.63. The number of imidazole rings is 1. The number of aliphatic hydroxyl groups excluding tert-OH is 1. The number of hydrogen-bond donors (Lipinski definition) is 1. The highest BCUT2D eigenvalue weighted by molar-refractivity contribution is 5.17. The van der Waals surface area contributed by atoms with E-state index in [4.69, 9.17) is 14.3 Å². The first-order chi connectivity index (χ1) is 8.20. The van der Waals surface area contributed by atoms with Crippen LogP contribution in [0, 0.1) is 0 Å². The third-order valence-corrected chi connectivity index (χ3v) is 2.29. The van der Waals surface area contributed by atoms with Crippen molar-refractivity contribution >= 4 is 0 Å². The summed E-state index contributed by atoms with van der Waals surface area (Å²) >= 11 is 0. The Labute approximate surface area is 97.1 Å². The van der Waals surface area contributed by atoms with Gasteiger partial charge in [0.05, 0.1) is 0 Å². The van der Waals surface area contributed by atoms with Crippen LogP contribution in [0.4, 0.5) is 0 Å². The minimum atomic E-state index is -0.325. The fraction of sp³-hybridized carbons (Fsp3) is 0.273. The molecule has 0 radical (unpaired) electrons. The molecule has 17 heavy (non-hydrogen) atoms. The van der Waals surface area contributed by atoms with Crippen LogP contribution in [-0.4, -0.2) is 14.7 Å². The zero-order chi connectivity index (χ0) is 12.3. The largest absolute Gasteiger partial charge is 0.479 e. The SMILES string of the molecule is Cn1ccnc1COc1coc(CO)cc1=O. The van der Waals surface area contributed by atoms with E-state index in [0.29, 0.717) is 5.82 Å². The third kappa shape index (κ3) is 2.54. The lowest BCUT2D eigenvalue weighted by molar-refractivity contribution is 0.234. The Kier molecular flexibility index (Phi) is 3.24. The van der Waals surface area contributed by atoms with Gasteiger partial charge in [0.25, 0.3) is 0 Å². The summed E-state index contributed by atoms with van der Waals surface area (Å²) in [6, 6.07) is 1.20. The molecule has 0 unspecified atom stereocenters. The molecule has 0 bridgehead atoms. The van der Waals surface area contributed by atoms with Gasteiger partial charge in [-0.3, -0.25) is 4.79 Å². The van der Waals surface area contributed by atoms with Crippen LogP contribution in [-0.2, 0) is 20.3 Å². The van der Waals surface area contributed by atoms with E-state index in [1.54, 1.807) is 17.0 Å². The van der Waals surface area contributed by atoms with Crippen LogP contribution in [0.5, 0.6) is 5.75 Å². The van der Waals surface area contributed by atoms with Gasteiger partial charge in [-0.15, -0.1) is 0 Å². The second-order valence-electron chi connectivity index (χ2n) is 3.48. The van der Waals surface area contributed by atoms with Gasteiger partial charge in [-0.05, 0) is 0 Å². The van der Waals surface area contributed by atoms with Crippen molar-refractivity contribution < 1.29 is 14.3 Å². The molecule has 6 nitrogen and oxygen atoms in total. The van der Waals surface area contributed by atoms with Crippen molar-refractivity contribution in [2.45, 2.75) is 13.2 Å². The zero-order valence-corrected chi connectivity index (χ0v) is 9.29. The normalized spacial score (nSPS) is 10.5. The summed E-state index contributed by atoms with van der Waals surface area (Å²) in [5, 5.41) is 8.78. The molecule has 0 fully saturated rings. The lowest BCUT2D eigenvalue weighted by Crippen LogP contribution is -2.10. The van der Waals surface area contributed by atoms with E-state index >= 15 is 0 Å². The molecule has 0 spiro atoms. The molecule has 1 N–H and O–H groups in total. The molecule has 2 heterocycles. The molecular formula is C11H12N2O4. The van der Waals surface area contributed by atoms with Gasteiger partial charge in [0.1, 0.15) is 31.1 Å². The average molecular weight is 236 g/mol. The lowest BCUT2D eigenvalue weighted by atomic mass is 10.4. The summed E-state index contributed by atoms with van der Waals surface area (Å²) in [4.78, 5) is 15.6. The number of hydrogen-bond acceptors (Lipinski definition) is 5. The molecule has 2 aromatic rings. The van der Waals surface area contributed by atoms with Crippen molar-refractivity contribution in [2.24, 2.45) is 7.05 Å². The van der Waals surface area contributed by atoms with Gasteiger partial charge in [-0.1, -0.05) is 0 Å². The summed E-state index contributed by atoms with van der Waals surface area (Å²) in [5.74, 6) is 1.01. The molecule has 0 saturated heterocycles. The molecular weight excluding hydrogens is 224 g/mol. The summed E-state index contributed by atoms with van der Waals surface area (Å²) in [6.45, 7) is -0.123. The molecule has 0 aliphatic heterocycles. The van der Waals surface area contributed by atoms with Crippen LogP contribution in [0.25, 0.3) is 0 Å². The fourth-order valence-electron chi connectivity index (χ4n) is 1.30. The molecule has 0 aromatic carbocycles. The molecule has 0 atom stereocenters. The second-order valence-corrected chi connectivity index (χ2v) is 3.48. The Bertz CT molecular complexity index is 559. The molecule has 0 saturated carbocycles. The Hall–Kier alpha value is -2.08. The van der Waals surface area contributed by atoms with E-state index in [9.17, 15) is 4.79 Å². The number of aliphatic hydroxyl groups is 1. The Morgan fingerprint density at radius 3 is 3.00 bits per heavy atom. The van der Waals surface area contributed by atoms with Crippen molar-refractivity contribution in [3.63, 3.8) is 0 Å². The topological polar surface area (TPSA) is 77.5 Å². The maximum atomic E-state index is 11.5. The number of aromatic nitrogens is 2. The second kappa shape index (κ2) is 4.84. The molecule has 2 aromatic heterocycles. The van der Waals surface area contributed by atoms with E-state index in [0.717, 1.165) is 0 Å². The van der Waals surface area contributed by atoms with Gasteiger partial charge in [-0.25, -0.2) is 4.98 Å².